The SMILES string of the molecule is C.Clc1cc(-c2ccccc2)nc2c1ccc1c2ccc2c(Cl)cc(-c3ccccc3)nc21.OB(O)c1ccccc1.c1ccc(-c2cc(-c3ccccc3)c3ccc4c(ccc5c(-c6ccccc6)cc(-c6ccccc6)nc54)c3n2)cc1. The van der Waals surface area contributed by atoms with Crippen molar-refractivity contribution in [2.24, 2.45) is 0 Å². The molecule has 0 saturated heterocycles. The van der Waals surface area contributed by atoms with Crippen LogP contribution in [0.3, 0.4) is 0 Å². The molecule has 0 atom stereocenters. The number of hydrogen-bond acceptors (Lipinski definition) is 6. The molecular weight excluding hydrogens is 1070 g/mol. The van der Waals surface area contributed by atoms with Crippen LogP contribution in [-0.2, 0) is 0 Å². The molecule has 0 unspecified atom stereocenters. The zero-order valence-electron chi connectivity index (χ0n) is 44.7. The van der Waals surface area contributed by atoms with E-state index in [0.29, 0.717) is 15.5 Å². The Hall–Kier alpha value is -9.86. The molecule has 0 amide bonds. The van der Waals surface area contributed by atoms with E-state index in [4.69, 9.17) is 53.2 Å². The van der Waals surface area contributed by atoms with Gasteiger partial charge in [0.05, 0.1) is 54.9 Å². The Balaban J connectivity index is 0.000000146. The number of nitrogens with zero attached hydrogens (tertiary/aromatic N) is 4. The van der Waals surface area contributed by atoms with Crippen LogP contribution in [0.1, 0.15) is 7.43 Å². The molecule has 15 rings (SSSR count). The molecule has 0 spiro atoms. The Labute approximate surface area is 497 Å². The van der Waals surface area contributed by atoms with E-state index in [9.17, 15) is 0 Å². The summed E-state index contributed by atoms with van der Waals surface area (Å²) < 4.78 is 0. The first-order valence-corrected chi connectivity index (χ1v) is 28.1. The molecule has 11 aromatic carbocycles. The molecule has 0 fully saturated rings. The first-order chi connectivity index (χ1) is 40.8. The lowest BCUT2D eigenvalue weighted by molar-refractivity contribution is 0.426. The largest absolute Gasteiger partial charge is 0.488 e. The lowest BCUT2D eigenvalue weighted by atomic mass is 9.81. The first-order valence-electron chi connectivity index (χ1n) is 27.3. The van der Waals surface area contributed by atoms with E-state index in [1.165, 1.54) is 22.3 Å². The molecule has 0 aliphatic rings. The average molecular weight is 1120 g/mol. The third kappa shape index (κ3) is 11.0. The van der Waals surface area contributed by atoms with Crippen molar-refractivity contribution in [3.63, 3.8) is 0 Å². The van der Waals surface area contributed by atoms with E-state index in [0.717, 1.165) is 110 Å². The Morgan fingerprint density at radius 2 is 0.476 bits per heavy atom. The summed E-state index contributed by atoms with van der Waals surface area (Å²) in [5.74, 6) is 0. The highest BCUT2D eigenvalue weighted by atomic mass is 35.5. The van der Waals surface area contributed by atoms with Crippen LogP contribution < -0.4 is 5.46 Å². The second kappa shape index (κ2) is 24.3. The highest BCUT2D eigenvalue weighted by Gasteiger charge is 2.18. The van der Waals surface area contributed by atoms with Crippen LogP contribution in [0.4, 0.5) is 0 Å². The fraction of sp³-hybridized carbons (Fsp3) is 0.0133. The smallest absolute Gasteiger partial charge is 0.423 e. The third-order valence-corrected chi connectivity index (χ3v) is 15.6. The molecule has 0 aliphatic carbocycles. The lowest BCUT2D eigenvalue weighted by Gasteiger charge is -2.15. The fourth-order valence-corrected chi connectivity index (χ4v) is 11.4. The van der Waals surface area contributed by atoms with Gasteiger partial charge in [-0.15, -0.1) is 0 Å². The van der Waals surface area contributed by atoms with E-state index >= 15 is 0 Å². The lowest BCUT2D eigenvalue weighted by Crippen LogP contribution is -2.29. The summed E-state index contributed by atoms with van der Waals surface area (Å²) in [6.45, 7) is 0. The zero-order valence-corrected chi connectivity index (χ0v) is 46.2. The number of benzene rings is 11. The van der Waals surface area contributed by atoms with E-state index in [-0.39, 0.29) is 7.43 Å². The average Bonchev–Trinajstić information content (AvgIpc) is 3.73. The minimum absolute atomic E-state index is 0. The highest BCUT2D eigenvalue weighted by molar-refractivity contribution is 6.58. The molecule has 84 heavy (non-hydrogen) atoms. The Kier molecular flexibility index (Phi) is 15.8. The van der Waals surface area contributed by atoms with Crippen LogP contribution >= 0.6 is 23.2 Å². The van der Waals surface area contributed by atoms with Crippen molar-refractivity contribution in [3.8, 4) is 67.3 Å². The summed E-state index contributed by atoms with van der Waals surface area (Å²) in [5.41, 5.74) is 16.8. The van der Waals surface area contributed by atoms with Crippen LogP contribution in [-0.4, -0.2) is 37.1 Å². The fourth-order valence-electron chi connectivity index (χ4n) is 10.9. The van der Waals surface area contributed by atoms with Gasteiger partial charge in [0, 0.05) is 65.3 Å². The van der Waals surface area contributed by atoms with Gasteiger partial charge in [-0.25, -0.2) is 19.9 Å². The number of hydrogen-bond donors (Lipinski definition) is 2. The third-order valence-electron chi connectivity index (χ3n) is 14.9. The van der Waals surface area contributed by atoms with Crippen LogP contribution in [0, 0.1) is 0 Å². The summed E-state index contributed by atoms with van der Waals surface area (Å²) in [6.07, 6.45) is 0. The van der Waals surface area contributed by atoms with Crippen molar-refractivity contribution in [1.29, 1.82) is 0 Å². The van der Waals surface area contributed by atoms with Gasteiger partial charge in [0.15, 0.2) is 0 Å². The standard InChI is InChI=1S/C40H26N2.C28H16Cl2N2.C6H7BO2.CH4/c1-5-13-27(14-6-1)35-25-37(29-17-9-3-10-18-29)41-39-31-22-24-34-36(28-15-7-2-8-16-28)26-38(30-19-11-4-12-20-30)42-40(34)32(31)21-23-33(35)39;29-23-15-25(17-7-3-1-4-8-17)31-27-19-11-14-22-24(30)16-26(18-9-5-2-6-10-18)32-28(22)20(19)12-13-21(23)27;8-7(9)6-4-2-1-3-5-6;/h1-26H;1-16H;1-5,8-9H;1H4. The molecule has 0 aliphatic heterocycles. The van der Waals surface area contributed by atoms with E-state index < -0.39 is 7.12 Å². The molecule has 15 aromatic rings. The van der Waals surface area contributed by atoms with Crippen LogP contribution in [0.5, 0.6) is 0 Å². The van der Waals surface area contributed by atoms with Crippen molar-refractivity contribution in [3.05, 3.63) is 295 Å². The number of halogens is 2. The van der Waals surface area contributed by atoms with Gasteiger partial charge in [0.1, 0.15) is 0 Å². The molecule has 4 heterocycles. The van der Waals surface area contributed by atoms with Gasteiger partial charge in [0.2, 0.25) is 0 Å². The maximum Gasteiger partial charge on any atom is 0.488 e. The van der Waals surface area contributed by atoms with E-state index in [2.05, 4.69) is 158 Å². The summed E-state index contributed by atoms with van der Waals surface area (Å²) >= 11 is 13.4. The Bertz CT molecular complexity index is 4530. The number of fused-ring (bicyclic) bond motifs is 10. The minimum Gasteiger partial charge on any atom is -0.423 e. The summed E-state index contributed by atoms with van der Waals surface area (Å²) in [7, 11) is -1.34. The Morgan fingerprint density at radius 3 is 0.750 bits per heavy atom. The summed E-state index contributed by atoms with van der Waals surface area (Å²) in [6, 6.07) is 96.3. The van der Waals surface area contributed by atoms with Gasteiger partial charge in [-0.2, -0.15) is 0 Å². The van der Waals surface area contributed by atoms with Gasteiger partial charge in [-0.05, 0) is 52.0 Å². The molecule has 0 bridgehead atoms. The molecular formula is C75H53BCl2N4O2. The topological polar surface area (TPSA) is 92.0 Å². The second-order valence-electron chi connectivity index (χ2n) is 20.1. The predicted octanol–water partition coefficient (Wildman–Crippen LogP) is 19.2. The van der Waals surface area contributed by atoms with Crippen LogP contribution in [0.15, 0.2) is 285 Å². The van der Waals surface area contributed by atoms with Gasteiger partial charge in [0.25, 0.3) is 0 Å². The van der Waals surface area contributed by atoms with Crippen molar-refractivity contribution >= 4 is 101 Å². The normalized spacial score (nSPS) is 11.0. The van der Waals surface area contributed by atoms with Crippen LogP contribution in [0.25, 0.3) is 132 Å². The van der Waals surface area contributed by atoms with E-state index in [1.54, 1.807) is 24.3 Å². The van der Waals surface area contributed by atoms with Gasteiger partial charge < -0.3 is 10.0 Å². The maximum absolute atomic E-state index is 8.58. The van der Waals surface area contributed by atoms with Gasteiger partial charge in [-0.1, -0.05) is 291 Å². The Morgan fingerprint density at radius 1 is 0.250 bits per heavy atom. The van der Waals surface area contributed by atoms with Crippen molar-refractivity contribution in [1.82, 2.24) is 19.9 Å². The second-order valence-corrected chi connectivity index (χ2v) is 20.9. The predicted molar refractivity (Wildman–Crippen MR) is 355 cm³/mol. The summed E-state index contributed by atoms with van der Waals surface area (Å²) in [4.78, 5) is 20.6. The van der Waals surface area contributed by atoms with Crippen LogP contribution in [0.2, 0.25) is 10.0 Å². The number of aromatic nitrogens is 4. The zero-order chi connectivity index (χ0) is 56.2. The van der Waals surface area contributed by atoms with Crippen molar-refractivity contribution in [2.75, 3.05) is 0 Å². The van der Waals surface area contributed by atoms with Crippen molar-refractivity contribution < 1.29 is 10.0 Å². The summed E-state index contributed by atoms with van der Waals surface area (Å²) in [5, 5.41) is 26.8. The molecule has 2 N–H and O–H groups in total. The van der Waals surface area contributed by atoms with Gasteiger partial charge >= 0.3 is 7.12 Å². The number of pyridine rings is 4. The highest BCUT2D eigenvalue weighted by Crippen LogP contribution is 2.42. The number of rotatable bonds is 7. The molecule has 6 nitrogen and oxygen atoms in total. The minimum atomic E-state index is -1.34. The quantitative estimate of drug-likeness (QED) is 0.122. The van der Waals surface area contributed by atoms with E-state index in [1.807, 2.05) is 103 Å². The molecule has 0 saturated carbocycles. The van der Waals surface area contributed by atoms with Crippen molar-refractivity contribution in [2.45, 2.75) is 7.43 Å². The van der Waals surface area contributed by atoms with Gasteiger partial charge in [-0.3, -0.25) is 0 Å². The molecule has 4 aromatic heterocycles. The maximum atomic E-state index is 8.58. The first kappa shape index (κ1) is 54.7. The molecule has 0 radical (unpaired) electrons. The molecule has 9 heteroatoms. The molecule has 402 valence electrons. The monoisotopic (exact) mass is 1120 g/mol.